The number of esters is 1. The predicted octanol–water partition coefficient (Wildman–Crippen LogP) is 2.57. The van der Waals surface area contributed by atoms with Crippen molar-refractivity contribution in [2.75, 3.05) is 7.11 Å². The quantitative estimate of drug-likeness (QED) is 0.270. The number of pyridine rings is 2. The number of fused-ring (bicyclic) bond motifs is 1. The zero-order valence-electron chi connectivity index (χ0n) is 17.9. The summed E-state index contributed by atoms with van der Waals surface area (Å²) in [5, 5.41) is 0.431. The van der Waals surface area contributed by atoms with Crippen LogP contribution in [-0.4, -0.2) is 35.7 Å². The van der Waals surface area contributed by atoms with Crippen LogP contribution in [0, 0.1) is 0 Å². The van der Waals surface area contributed by atoms with E-state index in [0.717, 1.165) is 18.6 Å². The lowest BCUT2D eigenvalue weighted by Crippen LogP contribution is -2.23. The van der Waals surface area contributed by atoms with Crippen LogP contribution in [0.5, 0.6) is 0 Å². The van der Waals surface area contributed by atoms with Crippen molar-refractivity contribution < 1.29 is 14.3 Å². The van der Waals surface area contributed by atoms with Crippen LogP contribution in [0.1, 0.15) is 32.0 Å². The lowest BCUT2D eigenvalue weighted by Gasteiger charge is -2.14. The van der Waals surface area contributed by atoms with Crippen LogP contribution in [0.2, 0.25) is 6.82 Å². The number of ether oxygens (including phenoxy) is 1. The number of benzene rings is 2. The number of carbonyl (C=O) groups excluding carboxylic acids is 2. The Kier molecular flexibility index (Phi) is 5.99. The maximum absolute atomic E-state index is 13.4. The Labute approximate surface area is 185 Å². The second kappa shape index (κ2) is 9.02. The molecule has 32 heavy (non-hydrogen) atoms. The Hall–Kier alpha value is -4.00. The summed E-state index contributed by atoms with van der Waals surface area (Å²) in [6.07, 6.45) is 1.56. The lowest BCUT2D eigenvalue weighted by atomic mass is 9.77. The molecule has 0 aliphatic rings. The molecular formula is C25H21BN2O4. The summed E-state index contributed by atoms with van der Waals surface area (Å²) in [5.74, 6) is -1.15. The molecule has 0 unspecified atom stereocenters. The van der Waals surface area contributed by atoms with Gasteiger partial charge in [-0.25, -0.2) is 4.79 Å². The molecule has 158 valence electrons. The average molecular weight is 424 g/mol. The Bertz CT molecular complexity index is 1390. The molecule has 0 saturated heterocycles. The molecule has 6 nitrogen and oxygen atoms in total. The minimum absolute atomic E-state index is 0.00769. The number of ketones is 1. The van der Waals surface area contributed by atoms with Crippen molar-refractivity contribution in [1.29, 1.82) is 0 Å². The van der Waals surface area contributed by atoms with E-state index in [1.165, 1.54) is 19.2 Å². The number of para-hydroxylation sites is 1. The Morgan fingerprint density at radius 3 is 2.41 bits per heavy atom. The molecule has 0 bridgehead atoms. The van der Waals surface area contributed by atoms with Crippen LogP contribution in [0.3, 0.4) is 0 Å². The molecule has 0 spiro atoms. The van der Waals surface area contributed by atoms with Crippen LogP contribution in [-0.2, 0) is 11.3 Å². The molecule has 7 heteroatoms. The zero-order chi connectivity index (χ0) is 22.7. The molecule has 2 aromatic heterocycles. The molecule has 2 heterocycles. The van der Waals surface area contributed by atoms with Crippen LogP contribution >= 0.6 is 0 Å². The van der Waals surface area contributed by atoms with Crippen molar-refractivity contribution in [2.45, 2.75) is 13.4 Å². The third-order valence-corrected chi connectivity index (χ3v) is 5.37. The number of aromatic nitrogens is 2. The van der Waals surface area contributed by atoms with E-state index in [2.05, 4.69) is 4.98 Å². The van der Waals surface area contributed by atoms with Crippen LogP contribution in [0.4, 0.5) is 0 Å². The number of nitrogens with zero attached hydrogens (tertiary/aromatic N) is 2. The first-order chi connectivity index (χ1) is 15.5. The van der Waals surface area contributed by atoms with Crippen molar-refractivity contribution in [2.24, 2.45) is 0 Å². The third kappa shape index (κ3) is 3.97. The third-order valence-electron chi connectivity index (χ3n) is 5.37. The highest BCUT2D eigenvalue weighted by molar-refractivity contribution is 6.50. The van der Waals surface area contributed by atoms with Gasteiger partial charge in [-0.15, -0.1) is 0 Å². The van der Waals surface area contributed by atoms with Gasteiger partial charge in [-0.3, -0.25) is 14.6 Å². The van der Waals surface area contributed by atoms with Gasteiger partial charge in [-0.05, 0) is 29.9 Å². The van der Waals surface area contributed by atoms with Gasteiger partial charge in [-0.2, -0.15) is 0 Å². The second-order valence-corrected chi connectivity index (χ2v) is 7.36. The number of hydrogen-bond donors (Lipinski definition) is 0. The van der Waals surface area contributed by atoms with Gasteiger partial charge < -0.3 is 9.30 Å². The van der Waals surface area contributed by atoms with Crippen molar-refractivity contribution in [1.82, 2.24) is 9.55 Å². The van der Waals surface area contributed by atoms with Crippen LogP contribution in [0.25, 0.3) is 10.9 Å². The van der Waals surface area contributed by atoms with E-state index in [9.17, 15) is 14.4 Å². The van der Waals surface area contributed by atoms with Crippen molar-refractivity contribution >= 4 is 35.5 Å². The normalized spacial score (nSPS) is 10.7. The van der Waals surface area contributed by atoms with Gasteiger partial charge in [0.2, 0.25) is 5.43 Å². The highest BCUT2D eigenvalue weighted by atomic mass is 16.5. The van der Waals surface area contributed by atoms with Gasteiger partial charge in [0.1, 0.15) is 0 Å². The molecule has 2 aromatic carbocycles. The Morgan fingerprint density at radius 1 is 0.938 bits per heavy atom. The smallest absolute Gasteiger partial charge is 0.338 e. The minimum atomic E-state index is -0.629. The fourth-order valence-corrected chi connectivity index (χ4v) is 3.74. The van der Waals surface area contributed by atoms with E-state index in [-0.39, 0.29) is 22.1 Å². The van der Waals surface area contributed by atoms with Crippen molar-refractivity contribution in [3.63, 3.8) is 0 Å². The molecule has 0 saturated carbocycles. The van der Waals surface area contributed by atoms with Crippen molar-refractivity contribution in [3.05, 3.63) is 106 Å². The van der Waals surface area contributed by atoms with Gasteiger partial charge in [0.05, 0.1) is 36.0 Å². The van der Waals surface area contributed by atoms with Crippen LogP contribution in [0.15, 0.2) is 77.7 Å². The van der Waals surface area contributed by atoms with Gasteiger partial charge in [0, 0.05) is 17.1 Å². The van der Waals surface area contributed by atoms with E-state index in [4.69, 9.17) is 4.74 Å². The van der Waals surface area contributed by atoms with E-state index in [1.807, 2.05) is 41.7 Å². The largest absolute Gasteiger partial charge is 0.465 e. The summed E-state index contributed by atoms with van der Waals surface area (Å²) in [4.78, 5) is 43.5. The highest BCUT2D eigenvalue weighted by Crippen LogP contribution is 2.18. The standard InChI is InChI=1S/C25H21BN2O4/c1-26-22-13-7-8-16(27-22)14-28-15-20(24(30)19-11-5-6-12-21(19)28)23(29)17-9-3-4-10-18(17)25(31)32-2/h3-13,15,26H,14H2,1-2H3. The van der Waals surface area contributed by atoms with Crippen LogP contribution < -0.4 is 11.0 Å². The number of hydrogen-bond acceptors (Lipinski definition) is 5. The summed E-state index contributed by atoms with van der Waals surface area (Å²) in [6, 6.07) is 19.3. The molecule has 4 aromatic rings. The van der Waals surface area contributed by atoms with E-state index >= 15 is 0 Å². The monoisotopic (exact) mass is 424 g/mol. The number of methoxy groups -OCH3 is 1. The minimum Gasteiger partial charge on any atom is -0.465 e. The molecule has 0 N–H and O–H groups in total. The van der Waals surface area contributed by atoms with E-state index in [0.29, 0.717) is 17.4 Å². The molecule has 4 rings (SSSR count). The van der Waals surface area contributed by atoms with E-state index in [1.54, 1.807) is 30.5 Å². The van der Waals surface area contributed by atoms with Gasteiger partial charge in [0.25, 0.3) is 0 Å². The Morgan fingerprint density at radius 2 is 1.66 bits per heavy atom. The first-order valence-corrected chi connectivity index (χ1v) is 10.3. The zero-order valence-corrected chi connectivity index (χ0v) is 17.9. The molecule has 0 aliphatic heterocycles. The average Bonchev–Trinajstić information content (AvgIpc) is 2.85. The summed E-state index contributed by atoms with van der Waals surface area (Å²) >= 11 is 0. The van der Waals surface area contributed by atoms with Gasteiger partial charge >= 0.3 is 5.97 Å². The predicted molar refractivity (Wildman–Crippen MR) is 125 cm³/mol. The molecule has 0 radical (unpaired) electrons. The van der Waals surface area contributed by atoms with Crippen molar-refractivity contribution in [3.8, 4) is 0 Å². The first kappa shape index (κ1) is 21.2. The number of rotatable bonds is 6. The summed E-state index contributed by atoms with van der Waals surface area (Å²) in [5.41, 5.74) is 2.37. The first-order valence-electron chi connectivity index (χ1n) is 10.3. The molecule has 0 atom stereocenters. The Balaban J connectivity index is 1.88. The summed E-state index contributed by atoms with van der Waals surface area (Å²) in [6.45, 7) is 2.43. The maximum Gasteiger partial charge on any atom is 0.338 e. The maximum atomic E-state index is 13.4. The lowest BCUT2D eigenvalue weighted by molar-refractivity contribution is 0.0597. The summed E-state index contributed by atoms with van der Waals surface area (Å²) in [7, 11) is 2.07. The molecular weight excluding hydrogens is 403 g/mol. The van der Waals surface area contributed by atoms with Gasteiger partial charge in [-0.1, -0.05) is 49.3 Å². The fourth-order valence-electron chi connectivity index (χ4n) is 3.74. The topological polar surface area (TPSA) is 78.3 Å². The second-order valence-electron chi connectivity index (χ2n) is 7.36. The fraction of sp³-hybridized carbons (Fsp3) is 0.120. The summed E-state index contributed by atoms with van der Waals surface area (Å²) < 4.78 is 6.66. The SMILES string of the molecule is CBc1cccc(Cn2cc(C(=O)c3ccccc3C(=O)OC)c(=O)c3ccccc32)n1. The molecule has 0 aliphatic carbocycles. The molecule has 0 fully saturated rings. The van der Waals surface area contributed by atoms with E-state index < -0.39 is 11.8 Å². The number of carbonyl (C=O) groups is 2. The highest BCUT2D eigenvalue weighted by Gasteiger charge is 2.22. The van der Waals surface area contributed by atoms with Gasteiger partial charge in [0.15, 0.2) is 13.1 Å². The molecule has 0 amide bonds.